The topological polar surface area (TPSA) is 86.2 Å². The largest absolute Gasteiger partial charge is 0.325 e. The summed E-state index contributed by atoms with van der Waals surface area (Å²) in [4.78, 5) is 0. The van der Waals surface area contributed by atoms with Crippen LogP contribution >= 0.6 is 0 Å². The Kier molecular flexibility index (Phi) is 2.47. The molecule has 1 aliphatic rings. The first-order valence-corrected chi connectivity index (χ1v) is 5.80. The summed E-state index contributed by atoms with van der Waals surface area (Å²) in [5.41, 5.74) is 11.3. The second kappa shape index (κ2) is 2.97. The SMILES string of the molecule is CC(C)C1C(N)C(N)CS1(=O)=O. The summed E-state index contributed by atoms with van der Waals surface area (Å²) in [6.45, 7) is 3.72. The van der Waals surface area contributed by atoms with E-state index in [1.807, 2.05) is 13.8 Å². The predicted octanol–water partition coefficient (Wildman–Crippen LogP) is -0.906. The molecule has 0 spiro atoms. The summed E-state index contributed by atoms with van der Waals surface area (Å²) in [5, 5.41) is -0.451. The Balaban J connectivity index is 2.98. The van der Waals surface area contributed by atoms with Crippen molar-refractivity contribution in [2.45, 2.75) is 31.2 Å². The Hall–Kier alpha value is -0.130. The molecule has 0 aliphatic carbocycles. The molecule has 0 aromatic rings. The van der Waals surface area contributed by atoms with Crippen molar-refractivity contribution in [1.29, 1.82) is 0 Å². The molecule has 3 unspecified atom stereocenters. The second-order valence-corrected chi connectivity index (χ2v) is 5.98. The average Bonchev–Trinajstić information content (AvgIpc) is 2.01. The van der Waals surface area contributed by atoms with Crippen LogP contribution in [0.5, 0.6) is 0 Å². The monoisotopic (exact) mass is 192 g/mol. The fraction of sp³-hybridized carbons (Fsp3) is 1.00. The lowest BCUT2D eigenvalue weighted by molar-refractivity contribution is 0.474. The van der Waals surface area contributed by atoms with Gasteiger partial charge in [0, 0.05) is 12.1 Å². The summed E-state index contributed by atoms with van der Waals surface area (Å²) in [6, 6.07) is -0.780. The summed E-state index contributed by atoms with van der Waals surface area (Å²) in [7, 11) is -3.03. The number of nitrogens with two attached hydrogens (primary N) is 2. The molecule has 4 nitrogen and oxygen atoms in total. The number of rotatable bonds is 1. The highest BCUT2D eigenvalue weighted by molar-refractivity contribution is 7.92. The van der Waals surface area contributed by atoms with Crippen molar-refractivity contribution >= 4 is 9.84 Å². The van der Waals surface area contributed by atoms with Gasteiger partial charge in [-0.25, -0.2) is 8.42 Å². The van der Waals surface area contributed by atoms with Crippen LogP contribution in [0.4, 0.5) is 0 Å². The third-order valence-electron chi connectivity index (χ3n) is 2.37. The Morgan fingerprint density at radius 3 is 2.00 bits per heavy atom. The minimum absolute atomic E-state index is 0.0387. The van der Waals surface area contributed by atoms with Gasteiger partial charge in [-0.1, -0.05) is 13.8 Å². The van der Waals surface area contributed by atoms with E-state index in [-0.39, 0.29) is 17.7 Å². The van der Waals surface area contributed by atoms with E-state index in [4.69, 9.17) is 11.5 Å². The molecule has 1 saturated heterocycles. The molecule has 3 atom stereocenters. The third-order valence-corrected chi connectivity index (χ3v) is 4.91. The first-order valence-electron chi connectivity index (χ1n) is 4.09. The maximum Gasteiger partial charge on any atom is 0.156 e. The molecule has 1 aliphatic heterocycles. The highest BCUT2D eigenvalue weighted by atomic mass is 32.2. The van der Waals surface area contributed by atoms with Crippen LogP contribution in [0.1, 0.15) is 13.8 Å². The lowest BCUT2D eigenvalue weighted by Crippen LogP contribution is -2.46. The molecule has 0 aromatic carbocycles. The zero-order valence-electron chi connectivity index (χ0n) is 7.40. The zero-order valence-corrected chi connectivity index (χ0v) is 8.21. The van der Waals surface area contributed by atoms with E-state index < -0.39 is 21.1 Å². The highest BCUT2D eigenvalue weighted by Gasteiger charge is 2.44. The minimum atomic E-state index is -3.03. The van der Waals surface area contributed by atoms with Gasteiger partial charge in [0.25, 0.3) is 0 Å². The van der Waals surface area contributed by atoms with Gasteiger partial charge in [-0.15, -0.1) is 0 Å². The molecule has 1 rings (SSSR count). The van der Waals surface area contributed by atoms with Crippen LogP contribution in [0.3, 0.4) is 0 Å². The van der Waals surface area contributed by atoms with Gasteiger partial charge >= 0.3 is 0 Å². The average molecular weight is 192 g/mol. The van der Waals surface area contributed by atoms with Gasteiger partial charge < -0.3 is 11.5 Å². The predicted molar refractivity (Wildman–Crippen MR) is 48.4 cm³/mol. The summed E-state index contributed by atoms with van der Waals surface area (Å²) >= 11 is 0. The molecule has 1 fully saturated rings. The van der Waals surface area contributed by atoms with Crippen molar-refractivity contribution in [3.05, 3.63) is 0 Å². The number of hydrogen-bond acceptors (Lipinski definition) is 4. The zero-order chi connectivity index (χ0) is 9.52. The molecule has 0 bridgehead atoms. The van der Waals surface area contributed by atoms with Crippen molar-refractivity contribution in [1.82, 2.24) is 0 Å². The summed E-state index contributed by atoms with van der Waals surface area (Å²) < 4.78 is 22.9. The lowest BCUT2D eigenvalue weighted by Gasteiger charge is -2.19. The molecule has 5 heteroatoms. The molecular weight excluding hydrogens is 176 g/mol. The number of sulfone groups is 1. The fourth-order valence-electron chi connectivity index (χ4n) is 1.83. The van der Waals surface area contributed by atoms with Crippen molar-refractivity contribution in [3.8, 4) is 0 Å². The molecule has 0 aromatic heterocycles. The number of hydrogen-bond donors (Lipinski definition) is 2. The molecular formula is C7H16N2O2S. The van der Waals surface area contributed by atoms with Crippen molar-refractivity contribution in [2.75, 3.05) is 5.75 Å². The maximum atomic E-state index is 11.5. The van der Waals surface area contributed by atoms with E-state index in [0.29, 0.717) is 0 Å². The standard InChI is InChI=1S/C7H16N2O2S/c1-4(2)7-6(9)5(8)3-12(7,10)11/h4-7H,3,8-9H2,1-2H3. The van der Waals surface area contributed by atoms with Gasteiger partial charge in [0.1, 0.15) is 0 Å². The Bertz CT molecular complexity index is 261. The van der Waals surface area contributed by atoms with Gasteiger partial charge in [-0.05, 0) is 5.92 Å². The normalized spacial score (nSPS) is 40.6. The Labute approximate surface area is 73.2 Å². The van der Waals surface area contributed by atoms with Gasteiger partial charge in [0.05, 0.1) is 11.0 Å². The maximum absolute atomic E-state index is 11.5. The van der Waals surface area contributed by atoms with Crippen LogP contribution in [-0.2, 0) is 9.84 Å². The van der Waals surface area contributed by atoms with Gasteiger partial charge in [0.2, 0.25) is 0 Å². The third kappa shape index (κ3) is 1.48. The molecule has 4 N–H and O–H groups in total. The second-order valence-electron chi connectivity index (χ2n) is 3.78. The summed E-state index contributed by atoms with van der Waals surface area (Å²) in [6.07, 6.45) is 0. The highest BCUT2D eigenvalue weighted by Crippen LogP contribution is 2.24. The van der Waals surface area contributed by atoms with E-state index >= 15 is 0 Å². The van der Waals surface area contributed by atoms with Gasteiger partial charge in [-0.3, -0.25) is 0 Å². The van der Waals surface area contributed by atoms with E-state index in [1.165, 1.54) is 0 Å². The molecule has 72 valence electrons. The van der Waals surface area contributed by atoms with Crippen LogP contribution in [0.25, 0.3) is 0 Å². The van der Waals surface area contributed by atoms with Crippen LogP contribution in [0.15, 0.2) is 0 Å². The lowest BCUT2D eigenvalue weighted by atomic mass is 10.00. The van der Waals surface area contributed by atoms with E-state index in [0.717, 1.165) is 0 Å². The van der Waals surface area contributed by atoms with E-state index in [2.05, 4.69) is 0 Å². The van der Waals surface area contributed by atoms with Gasteiger partial charge in [-0.2, -0.15) is 0 Å². The van der Waals surface area contributed by atoms with Crippen LogP contribution < -0.4 is 11.5 Å². The molecule has 12 heavy (non-hydrogen) atoms. The Morgan fingerprint density at radius 2 is 1.83 bits per heavy atom. The van der Waals surface area contributed by atoms with Crippen molar-refractivity contribution in [2.24, 2.45) is 17.4 Å². The quantitative estimate of drug-likeness (QED) is 0.563. The van der Waals surface area contributed by atoms with Gasteiger partial charge in [0.15, 0.2) is 9.84 Å². The van der Waals surface area contributed by atoms with Crippen molar-refractivity contribution < 1.29 is 8.42 Å². The fourth-order valence-corrected chi connectivity index (χ4v) is 4.32. The Morgan fingerprint density at radius 1 is 1.33 bits per heavy atom. The molecule has 0 radical (unpaired) electrons. The summed E-state index contributed by atoms with van der Waals surface area (Å²) in [5.74, 6) is 0.0929. The minimum Gasteiger partial charge on any atom is -0.325 e. The van der Waals surface area contributed by atoms with Crippen molar-refractivity contribution in [3.63, 3.8) is 0 Å². The van der Waals surface area contributed by atoms with Crippen LogP contribution in [0.2, 0.25) is 0 Å². The molecule has 0 saturated carbocycles. The first kappa shape index (κ1) is 9.95. The smallest absolute Gasteiger partial charge is 0.156 e. The molecule has 0 amide bonds. The van der Waals surface area contributed by atoms with Crippen LogP contribution in [-0.4, -0.2) is 31.5 Å². The van der Waals surface area contributed by atoms with Crippen LogP contribution in [0, 0.1) is 5.92 Å². The van der Waals surface area contributed by atoms with E-state index in [9.17, 15) is 8.42 Å². The van der Waals surface area contributed by atoms with E-state index in [1.54, 1.807) is 0 Å². The first-order chi connectivity index (χ1) is 5.36. The molecule has 1 heterocycles.